The number of hydrogen-bond donors (Lipinski definition) is 2. The Kier molecular flexibility index (Phi) is 5.48. The topological polar surface area (TPSA) is 53.6 Å². The maximum Gasteiger partial charge on any atom is 0.315 e. The first-order valence-corrected chi connectivity index (χ1v) is 11.3. The average Bonchev–Trinajstić information content (AvgIpc) is 2.72. The minimum Gasteiger partial charge on any atom is -0.379 e. The molecule has 0 radical (unpaired) electrons. The standard InChI is InChI=1S/C23H32FN3O2/c24-20-3-1-17(2-4-20)21(27-5-7-29-8-6-27)14-25-23(28)26-22-18-10-15-9-16(12-18)13-19(22)11-15/h1-4,15-16,18-19,21-22H,5-14H2,(H2,25,26,28). The van der Waals surface area contributed by atoms with Crippen molar-refractivity contribution in [3.05, 3.63) is 35.6 Å². The fourth-order valence-corrected chi connectivity index (χ4v) is 6.58. The molecule has 1 aliphatic heterocycles. The van der Waals surface area contributed by atoms with Crippen molar-refractivity contribution in [2.24, 2.45) is 23.7 Å². The smallest absolute Gasteiger partial charge is 0.315 e. The van der Waals surface area contributed by atoms with Crippen LogP contribution in [0, 0.1) is 29.5 Å². The molecular formula is C23H32FN3O2. The van der Waals surface area contributed by atoms with E-state index < -0.39 is 0 Å². The minimum atomic E-state index is -0.234. The van der Waals surface area contributed by atoms with Crippen molar-refractivity contribution in [2.75, 3.05) is 32.8 Å². The van der Waals surface area contributed by atoms with E-state index in [0.717, 1.165) is 30.5 Å². The van der Waals surface area contributed by atoms with Crippen LogP contribution in [0.1, 0.15) is 43.7 Å². The first-order chi connectivity index (χ1) is 14.2. The molecule has 1 saturated heterocycles. The van der Waals surface area contributed by atoms with Crippen LogP contribution in [0.4, 0.5) is 9.18 Å². The fraction of sp³-hybridized carbons (Fsp3) is 0.696. The molecule has 1 aromatic rings. The molecule has 4 bridgehead atoms. The molecule has 1 heterocycles. The van der Waals surface area contributed by atoms with Crippen LogP contribution in [0.15, 0.2) is 24.3 Å². The van der Waals surface area contributed by atoms with Gasteiger partial charge in [0.1, 0.15) is 5.82 Å². The highest BCUT2D eigenvalue weighted by molar-refractivity contribution is 5.74. The molecule has 6 rings (SSSR count). The van der Waals surface area contributed by atoms with Crippen LogP contribution in [-0.2, 0) is 4.74 Å². The highest BCUT2D eigenvalue weighted by Crippen LogP contribution is 2.53. The number of benzene rings is 1. The third-order valence-corrected chi connectivity index (χ3v) is 7.72. The summed E-state index contributed by atoms with van der Waals surface area (Å²) in [7, 11) is 0. The van der Waals surface area contributed by atoms with Gasteiger partial charge < -0.3 is 15.4 Å². The van der Waals surface area contributed by atoms with Crippen LogP contribution in [0.3, 0.4) is 0 Å². The third kappa shape index (κ3) is 4.15. The van der Waals surface area contributed by atoms with Crippen LogP contribution in [0.5, 0.6) is 0 Å². The molecule has 4 aliphatic carbocycles. The average molecular weight is 402 g/mol. The SMILES string of the molecule is O=C(NCC(c1ccc(F)cc1)N1CCOCC1)NC1C2CC3CC(C2)CC1C3. The van der Waals surface area contributed by atoms with Gasteiger partial charge in [-0.3, -0.25) is 4.90 Å². The van der Waals surface area contributed by atoms with Crippen molar-refractivity contribution in [3.8, 4) is 0 Å². The van der Waals surface area contributed by atoms with Crippen LogP contribution < -0.4 is 10.6 Å². The zero-order valence-corrected chi connectivity index (χ0v) is 17.0. The van der Waals surface area contributed by atoms with Crippen molar-refractivity contribution in [3.63, 3.8) is 0 Å². The van der Waals surface area contributed by atoms with E-state index in [0.29, 0.717) is 37.6 Å². The lowest BCUT2D eigenvalue weighted by atomic mass is 9.54. The lowest BCUT2D eigenvalue weighted by Gasteiger charge is -2.54. The summed E-state index contributed by atoms with van der Waals surface area (Å²) in [6.07, 6.45) is 6.60. The Morgan fingerprint density at radius 3 is 2.28 bits per heavy atom. The van der Waals surface area contributed by atoms with Gasteiger partial charge in [-0.25, -0.2) is 9.18 Å². The van der Waals surface area contributed by atoms with Gasteiger partial charge in [0.25, 0.3) is 0 Å². The first-order valence-electron chi connectivity index (χ1n) is 11.3. The Bertz CT molecular complexity index is 691. The van der Waals surface area contributed by atoms with Crippen molar-refractivity contribution in [1.82, 2.24) is 15.5 Å². The molecule has 0 spiro atoms. The van der Waals surface area contributed by atoms with Gasteiger partial charge in [-0.2, -0.15) is 0 Å². The summed E-state index contributed by atoms with van der Waals surface area (Å²) in [5.41, 5.74) is 1.03. The van der Waals surface area contributed by atoms with E-state index in [-0.39, 0.29) is 17.9 Å². The Morgan fingerprint density at radius 1 is 1.03 bits per heavy atom. The molecule has 29 heavy (non-hydrogen) atoms. The van der Waals surface area contributed by atoms with E-state index in [1.165, 1.54) is 44.2 Å². The van der Waals surface area contributed by atoms with Gasteiger partial charge in [0.2, 0.25) is 0 Å². The summed E-state index contributed by atoms with van der Waals surface area (Å²) in [6.45, 7) is 3.54. The Balaban J connectivity index is 1.21. The summed E-state index contributed by atoms with van der Waals surface area (Å²) in [5, 5.41) is 6.45. The number of hydrogen-bond acceptors (Lipinski definition) is 3. The van der Waals surface area contributed by atoms with Crippen LogP contribution in [0.2, 0.25) is 0 Å². The van der Waals surface area contributed by atoms with E-state index in [2.05, 4.69) is 15.5 Å². The highest BCUT2D eigenvalue weighted by Gasteiger charge is 2.48. The summed E-state index contributed by atoms with van der Waals surface area (Å²) < 4.78 is 18.9. The molecule has 2 amide bonds. The van der Waals surface area contributed by atoms with Crippen molar-refractivity contribution >= 4 is 6.03 Å². The number of rotatable bonds is 5. The van der Waals surface area contributed by atoms with E-state index in [9.17, 15) is 9.18 Å². The summed E-state index contributed by atoms with van der Waals surface area (Å²) >= 11 is 0. The second kappa shape index (κ2) is 8.23. The van der Waals surface area contributed by atoms with Crippen molar-refractivity contribution in [2.45, 2.75) is 44.2 Å². The molecule has 4 saturated carbocycles. The second-order valence-corrected chi connectivity index (χ2v) is 9.53. The Morgan fingerprint density at radius 2 is 1.66 bits per heavy atom. The molecule has 5 fully saturated rings. The highest BCUT2D eigenvalue weighted by atomic mass is 19.1. The quantitative estimate of drug-likeness (QED) is 0.796. The largest absolute Gasteiger partial charge is 0.379 e. The van der Waals surface area contributed by atoms with Crippen molar-refractivity contribution < 1.29 is 13.9 Å². The normalized spacial score (nSPS) is 34.7. The number of morpholine rings is 1. The fourth-order valence-electron chi connectivity index (χ4n) is 6.58. The van der Waals surface area contributed by atoms with Gasteiger partial charge in [0.15, 0.2) is 0 Å². The number of carbonyl (C=O) groups is 1. The van der Waals surface area contributed by atoms with E-state index in [1.54, 1.807) is 0 Å². The lowest BCUT2D eigenvalue weighted by Crippen LogP contribution is -2.58. The lowest BCUT2D eigenvalue weighted by molar-refractivity contribution is -0.00967. The molecular weight excluding hydrogens is 369 g/mol. The van der Waals surface area contributed by atoms with Gasteiger partial charge in [0, 0.05) is 25.7 Å². The van der Waals surface area contributed by atoms with Gasteiger partial charge in [-0.05, 0) is 73.5 Å². The minimum absolute atomic E-state index is 0.0312. The summed E-state index contributed by atoms with van der Waals surface area (Å²) in [6, 6.07) is 6.97. The zero-order valence-electron chi connectivity index (χ0n) is 17.0. The van der Waals surface area contributed by atoms with E-state index in [1.807, 2.05) is 12.1 Å². The second-order valence-electron chi connectivity index (χ2n) is 9.53. The van der Waals surface area contributed by atoms with Gasteiger partial charge in [-0.1, -0.05) is 12.1 Å². The molecule has 0 aromatic heterocycles. The predicted octanol–water partition coefficient (Wildman–Crippen LogP) is 3.32. The monoisotopic (exact) mass is 401 g/mol. The number of urea groups is 1. The van der Waals surface area contributed by atoms with Gasteiger partial charge >= 0.3 is 6.03 Å². The number of halogens is 1. The Labute approximate surface area is 172 Å². The molecule has 5 nitrogen and oxygen atoms in total. The predicted molar refractivity (Wildman–Crippen MR) is 109 cm³/mol. The van der Waals surface area contributed by atoms with Gasteiger partial charge in [0.05, 0.1) is 19.3 Å². The van der Waals surface area contributed by atoms with Crippen molar-refractivity contribution in [1.29, 1.82) is 0 Å². The van der Waals surface area contributed by atoms with Crippen LogP contribution in [0.25, 0.3) is 0 Å². The van der Waals surface area contributed by atoms with Gasteiger partial charge in [-0.15, -0.1) is 0 Å². The Hall–Kier alpha value is -1.66. The number of amides is 2. The zero-order chi connectivity index (χ0) is 19.8. The number of nitrogens with zero attached hydrogens (tertiary/aromatic N) is 1. The summed E-state index contributed by atoms with van der Waals surface area (Å²) in [4.78, 5) is 15.1. The third-order valence-electron chi connectivity index (χ3n) is 7.72. The molecule has 2 N–H and O–H groups in total. The molecule has 1 unspecified atom stereocenters. The molecule has 158 valence electrons. The maximum atomic E-state index is 13.4. The maximum absolute atomic E-state index is 13.4. The molecule has 6 heteroatoms. The molecule has 1 aromatic carbocycles. The van der Waals surface area contributed by atoms with Crippen LogP contribution in [-0.4, -0.2) is 49.8 Å². The molecule has 5 aliphatic rings. The van der Waals surface area contributed by atoms with E-state index >= 15 is 0 Å². The number of nitrogens with one attached hydrogen (secondary N) is 2. The number of ether oxygens (including phenoxy) is 1. The number of carbonyl (C=O) groups excluding carboxylic acids is 1. The molecule has 1 atom stereocenters. The first kappa shape index (κ1) is 19.3. The van der Waals surface area contributed by atoms with E-state index in [4.69, 9.17) is 4.74 Å². The van der Waals surface area contributed by atoms with Crippen LogP contribution >= 0.6 is 0 Å². The summed E-state index contributed by atoms with van der Waals surface area (Å²) in [5.74, 6) is 2.92.